The van der Waals surface area contributed by atoms with Gasteiger partial charge in [0, 0.05) is 34.6 Å². The molecule has 1 aliphatic heterocycles. The Balaban J connectivity index is 1.39. The van der Waals surface area contributed by atoms with E-state index in [1.54, 1.807) is 13.3 Å². The number of piperidine rings is 1. The van der Waals surface area contributed by atoms with Gasteiger partial charge in [0.05, 0.1) is 12.2 Å². The van der Waals surface area contributed by atoms with Crippen LogP contribution in [0, 0.1) is 19.8 Å². The molecule has 172 valence electrons. The van der Waals surface area contributed by atoms with Crippen molar-refractivity contribution in [1.29, 1.82) is 0 Å². The van der Waals surface area contributed by atoms with Gasteiger partial charge in [0.15, 0.2) is 5.65 Å². The molecular formula is C26H31N5OS. The van der Waals surface area contributed by atoms with E-state index in [9.17, 15) is 4.79 Å². The van der Waals surface area contributed by atoms with E-state index in [2.05, 4.69) is 59.9 Å². The van der Waals surface area contributed by atoms with Crippen LogP contribution in [-0.4, -0.2) is 49.4 Å². The fourth-order valence-corrected chi connectivity index (χ4v) is 7.63. The molecule has 2 fully saturated rings. The van der Waals surface area contributed by atoms with Crippen LogP contribution in [0.15, 0.2) is 18.6 Å². The van der Waals surface area contributed by atoms with Crippen molar-refractivity contribution in [1.82, 2.24) is 24.5 Å². The Labute approximate surface area is 198 Å². The number of nitrogens with one attached hydrogen (secondary N) is 1. The van der Waals surface area contributed by atoms with Crippen LogP contribution in [0.5, 0.6) is 0 Å². The number of thiophene rings is 1. The second-order valence-corrected chi connectivity index (χ2v) is 11.5. The molecule has 5 heterocycles. The molecule has 0 radical (unpaired) electrons. The highest BCUT2D eigenvalue weighted by atomic mass is 32.1. The van der Waals surface area contributed by atoms with Crippen LogP contribution in [0.3, 0.4) is 0 Å². The number of ketones is 1. The van der Waals surface area contributed by atoms with E-state index >= 15 is 0 Å². The summed E-state index contributed by atoms with van der Waals surface area (Å²) in [5, 5.41) is 5.78. The molecule has 1 N–H and O–H groups in total. The first kappa shape index (κ1) is 21.1. The third-order valence-corrected chi connectivity index (χ3v) is 9.15. The average Bonchev–Trinajstić information content (AvgIpc) is 3.54. The van der Waals surface area contributed by atoms with Crippen molar-refractivity contribution in [2.24, 2.45) is 5.92 Å². The number of carbonyl (C=O) groups is 1. The maximum Gasteiger partial charge on any atom is 0.158 e. The molecule has 6 nitrogen and oxygen atoms in total. The van der Waals surface area contributed by atoms with E-state index < -0.39 is 0 Å². The zero-order valence-corrected chi connectivity index (χ0v) is 20.8. The predicted molar refractivity (Wildman–Crippen MR) is 133 cm³/mol. The number of H-pyrrole nitrogens is 1. The first-order valence-electron chi connectivity index (χ1n) is 12.0. The first-order valence-corrected chi connectivity index (χ1v) is 12.8. The Hall–Kier alpha value is -2.51. The van der Waals surface area contributed by atoms with Crippen LogP contribution in [0.2, 0.25) is 0 Å². The van der Waals surface area contributed by atoms with Gasteiger partial charge in [0.2, 0.25) is 0 Å². The number of aryl methyl sites for hydroxylation is 1. The zero-order chi connectivity index (χ0) is 23.0. The lowest BCUT2D eigenvalue weighted by molar-refractivity contribution is -0.118. The number of pyridine rings is 1. The Morgan fingerprint density at radius 2 is 2.09 bits per heavy atom. The van der Waals surface area contributed by atoms with Gasteiger partial charge in [0.25, 0.3) is 0 Å². The molecule has 2 unspecified atom stereocenters. The lowest BCUT2D eigenvalue weighted by atomic mass is 9.91. The van der Waals surface area contributed by atoms with Crippen molar-refractivity contribution < 1.29 is 4.79 Å². The van der Waals surface area contributed by atoms with E-state index in [-0.39, 0.29) is 5.78 Å². The lowest BCUT2D eigenvalue weighted by Crippen LogP contribution is -2.37. The fourth-order valence-electron chi connectivity index (χ4n) is 6.34. The minimum absolute atomic E-state index is 0.284. The number of carbonyl (C=O) groups excluding carboxylic acids is 1. The van der Waals surface area contributed by atoms with Crippen LogP contribution < -0.4 is 0 Å². The van der Waals surface area contributed by atoms with Crippen molar-refractivity contribution in [3.8, 4) is 11.3 Å². The van der Waals surface area contributed by atoms with Crippen molar-refractivity contribution in [2.75, 3.05) is 13.1 Å². The molecule has 7 heteroatoms. The van der Waals surface area contributed by atoms with Crippen molar-refractivity contribution >= 4 is 33.0 Å². The van der Waals surface area contributed by atoms with Crippen molar-refractivity contribution in [2.45, 2.75) is 65.3 Å². The van der Waals surface area contributed by atoms with Crippen LogP contribution in [0.25, 0.3) is 27.1 Å². The first-order chi connectivity index (χ1) is 15.8. The van der Waals surface area contributed by atoms with Gasteiger partial charge < -0.3 is 4.98 Å². The summed E-state index contributed by atoms with van der Waals surface area (Å²) in [6.07, 6.45) is 6.17. The standard InChI is InChI=1S/C26H31N5OS/c1-13(2)23-20-8-22(19-7-18-6-17(19)10-30(18)9-14(3)32)33-26(20)29-24(23)21-11-31-25(27-12-28-31)16(5)15(21)4/h8,11-13,17-19,29H,6-7,9-10H2,1-5H3/t17-,18?,19?/m0/s1. The molecule has 1 aliphatic carbocycles. The highest BCUT2D eigenvalue weighted by Gasteiger charge is 2.45. The van der Waals surface area contributed by atoms with Gasteiger partial charge in [-0.3, -0.25) is 9.69 Å². The van der Waals surface area contributed by atoms with E-state index in [0.29, 0.717) is 30.3 Å². The molecule has 0 spiro atoms. The number of fused-ring (bicyclic) bond motifs is 4. The molecule has 2 aliphatic rings. The minimum atomic E-state index is 0.284. The summed E-state index contributed by atoms with van der Waals surface area (Å²) in [6.45, 7) is 12.3. The van der Waals surface area contributed by atoms with Crippen LogP contribution in [0.4, 0.5) is 0 Å². The normalized spacial score (nSPS) is 23.0. The summed E-state index contributed by atoms with van der Waals surface area (Å²) in [7, 11) is 0. The topological polar surface area (TPSA) is 66.3 Å². The van der Waals surface area contributed by atoms with Crippen LogP contribution >= 0.6 is 11.3 Å². The van der Waals surface area contributed by atoms with Crippen molar-refractivity contribution in [3.63, 3.8) is 0 Å². The zero-order valence-electron chi connectivity index (χ0n) is 20.0. The molecule has 3 atom stereocenters. The highest BCUT2D eigenvalue weighted by molar-refractivity contribution is 7.18. The number of rotatable bonds is 5. The second-order valence-electron chi connectivity index (χ2n) is 10.4. The number of hydrogen-bond donors (Lipinski definition) is 1. The quantitative estimate of drug-likeness (QED) is 0.429. The van der Waals surface area contributed by atoms with Gasteiger partial charge in [-0.1, -0.05) is 13.8 Å². The Morgan fingerprint density at radius 1 is 1.27 bits per heavy atom. The Kier molecular flexibility index (Phi) is 4.79. The van der Waals surface area contributed by atoms with Gasteiger partial charge >= 0.3 is 0 Å². The summed E-state index contributed by atoms with van der Waals surface area (Å²) in [6, 6.07) is 3.04. The molecule has 6 rings (SSSR count). The monoisotopic (exact) mass is 461 g/mol. The van der Waals surface area contributed by atoms with E-state index in [1.165, 1.54) is 55.9 Å². The number of Topliss-reactive ketones (excluding diaryl/α,β-unsaturated/α-hetero) is 1. The van der Waals surface area contributed by atoms with Gasteiger partial charge in [-0.25, -0.2) is 9.50 Å². The predicted octanol–water partition coefficient (Wildman–Crippen LogP) is 5.45. The third-order valence-electron chi connectivity index (χ3n) is 7.97. The molecule has 0 aromatic carbocycles. The van der Waals surface area contributed by atoms with Gasteiger partial charge in [0.1, 0.15) is 16.9 Å². The number of aromatic amines is 1. The van der Waals surface area contributed by atoms with E-state index in [0.717, 1.165) is 12.2 Å². The van der Waals surface area contributed by atoms with Crippen LogP contribution in [0.1, 0.15) is 67.0 Å². The molecule has 0 amide bonds. The molecule has 1 saturated heterocycles. The number of likely N-dealkylation sites (tertiary alicyclic amines) is 1. The largest absolute Gasteiger partial charge is 0.346 e. The molecular weight excluding hydrogens is 430 g/mol. The number of nitrogens with zero attached hydrogens (tertiary/aromatic N) is 4. The smallest absolute Gasteiger partial charge is 0.158 e. The fraction of sp³-hybridized carbons (Fsp3) is 0.500. The second kappa shape index (κ2) is 7.50. The van der Waals surface area contributed by atoms with Crippen LogP contribution in [-0.2, 0) is 4.79 Å². The molecule has 33 heavy (non-hydrogen) atoms. The summed E-state index contributed by atoms with van der Waals surface area (Å²) in [5.41, 5.74) is 7.18. The molecule has 1 saturated carbocycles. The molecule has 2 bridgehead atoms. The highest BCUT2D eigenvalue weighted by Crippen LogP contribution is 2.51. The summed E-state index contributed by atoms with van der Waals surface area (Å²) in [5.74, 6) is 2.00. The summed E-state index contributed by atoms with van der Waals surface area (Å²) in [4.78, 5) is 25.0. The Bertz CT molecular complexity index is 1390. The molecule has 4 aromatic heterocycles. The SMILES string of the molecule is CC(=O)CN1C[C@@H]2CC1CC2c1cc2c(C(C)C)c(-c3cn4ncnc4c(C)c3C)[nH]c2s1. The summed E-state index contributed by atoms with van der Waals surface area (Å²) < 4.78 is 1.89. The van der Waals surface area contributed by atoms with Gasteiger partial charge in [-0.2, -0.15) is 5.10 Å². The van der Waals surface area contributed by atoms with E-state index in [4.69, 9.17) is 0 Å². The Morgan fingerprint density at radius 3 is 2.79 bits per heavy atom. The van der Waals surface area contributed by atoms with Gasteiger partial charge in [-0.05, 0) is 74.1 Å². The maximum atomic E-state index is 11.6. The summed E-state index contributed by atoms with van der Waals surface area (Å²) >= 11 is 1.94. The van der Waals surface area contributed by atoms with E-state index in [1.807, 2.05) is 15.9 Å². The number of aromatic nitrogens is 4. The molecule has 4 aromatic rings. The minimum Gasteiger partial charge on any atom is -0.346 e. The lowest BCUT2D eigenvalue weighted by Gasteiger charge is -2.30. The van der Waals surface area contributed by atoms with Gasteiger partial charge in [-0.15, -0.1) is 11.3 Å². The third kappa shape index (κ3) is 3.20. The average molecular weight is 462 g/mol. The maximum absolute atomic E-state index is 11.6. The number of hydrogen-bond acceptors (Lipinski definition) is 5. The van der Waals surface area contributed by atoms with Crippen molar-refractivity contribution in [3.05, 3.63) is 40.2 Å².